The number of aromatic hydroxyl groups is 1. The Morgan fingerprint density at radius 2 is 1.92 bits per heavy atom. The average Bonchev–Trinajstić information content (AvgIpc) is 2.97. The number of ketones is 1. The molecule has 3 heterocycles. The van der Waals surface area contributed by atoms with E-state index >= 15 is 0 Å². The van der Waals surface area contributed by atoms with Crippen molar-refractivity contribution in [1.82, 2.24) is 14.8 Å². The number of pyridine rings is 1. The molecular weight excluding hydrogens is 497 g/mol. The molecule has 1 fully saturated rings. The minimum atomic E-state index is -0.534. The van der Waals surface area contributed by atoms with Gasteiger partial charge in [0.2, 0.25) is 5.91 Å². The van der Waals surface area contributed by atoms with Crippen LogP contribution in [0.1, 0.15) is 54.7 Å². The molecule has 2 aromatic carbocycles. The first-order valence-electron chi connectivity index (χ1n) is 13.1. The zero-order valence-electron chi connectivity index (χ0n) is 22.9. The summed E-state index contributed by atoms with van der Waals surface area (Å²) in [6, 6.07) is 10.2. The number of aryl methyl sites for hydroxylation is 1. The molecule has 0 saturated carbocycles. The second-order valence-corrected chi connectivity index (χ2v) is 11.4. The van der Waals surface area contributed by atoms with Gasteiger partial charge in [-0.15, -0.1) is 0 Å². The number of anilines is 4. The van der Waals surface area contributed by atoms with Crippen molar-refractivity contribution in [2.75, 3.05) is 23.7 Å². The fourth-order valence-electron chi connectivity index (χ4n) is 5.89. The number of hydrogen-bond donors (Lipinski definition) is 3. The largest absolute Gasteiger partial charge is 0.508 e. The van der Waals surface area contributed by atoms with Crippen molar-refractivity contribution in [3.05, 3.63) is 70.7 Å². The number of carbonyl (C=O) groups excluding carboxylic acids is 2. The van der Waals surface area contributed by atoms with E-state index in [1.54, 1.807) is 19.2 Å². The van der Waals surface area contributed by atoms with E-state index < -0.39 is 5.82 Å². The van der Waals surface area contributed by atoms with Crippen LogP contribution in [-0.4, -0.2) is 56.3 Å². The van der Waals surface area contributed by atoms with Crippen molar-refractivity contribution in [1.29, 1.82) is 0 Å². The van der Waals surface area contributed by atoms with Crippen molar-refractivity contribution < 1.29 is 19.1 Å². The number of aromatic nitrogens is 1. The van der Waals surface area contributed by atoms with Crippen molar-refractivity contribution in [3.63, 3.8) is 0 Å². The molecule has 1 saturated heterocycles. The molecule has 0 atom stereocenters. The van der Waals surface area contributed by atoms with Gasteiger partial charge in [-0.05, 0) is 69.5 Å². The SMILES string of the molecule is Cc1cc(F)c(Nc2ccnc3c2C(=O)Cc2cc(CN4CC(=O)N(C(C)C)C(C)(C)C4)ccc2N3)cc1O. The molecule has 204 valence electrons. The van der Waals surface area contributed by atoms with Crippen LogP contribution in [-0.2, 0) is 17.8 Å². The fourth-order valence-corrected chi connectivity index (χ4v) is 5.89. The van der Waals surface area contributed by atoms with E-state index in [0.29, 0.717) is 35.7 Å². The van der Waals surface area contributed by atoms with Crippen LogP contribution in [0.3, 0.4) is 0 Å². The first kappa shape index (κ1) is 26.6. The Morgan fingerprint density at radius 3 is 2.64 bits per heavy atom. The maximum Gasteiger partial charge on any atom is 0.237 e. The van der Waals surface area contributed by atoms with Gasteiger partial charge in [-0.25, -0.2) is 9.37 Å². The molecule has 0 radical (unpaired) electrons. The van der Waals surface area contributed by atoms with Gasteiger partial charge in [-0.1, -0.05) is 12.1 Å². The van der Waals surface area contributed by atoms with Crippen LogP contribution in [0.25, 0.3) is 0 Å². The van der Waals surface area contributed by atoms with Gasteiger partial charge in [0, 0.05) is 43.5 Å². The number of piperazine rings is 1. The Balaban J connectivity index is 1.38. The first-order chi connectivity index (χ1) is 18.4. The van der Waals surface area contributed by atoms with E-state index in [2.05, 4.69) is 34.4 Å². The minimum Gasteiger partial charge on any atom is -0.508 e. The highest BCUT2D eigenvalue weighted by atomic mass is 19.1. The Labute approximate surface area is 227 Å². The number of carbonyl (C=O) groups is 2. The van der Waals surface area contributed by atoms with Crippen LogP contribution in [0, 0.1) is 12.7 Å². The smallest absolute Gasteiger partial charge is 0.237 e. The summed E-state index contributed by atoms with van der Waals surface area (Å²) in [5.74, 6) is -0.242. The molecule has 0 unspecified atom stereocenters. The monoisotopic (exact) mass is 531 g/mol. The van der Waals surface area contributed by atoms with Gasteiger partial charge in [0.15, 0.2) is 5.78 Å². The molecule has 5 rings (SSSR count). The Morgan fingerprint density at radius 1 is 1.15 bits per heavy atom. The lowest BCUT2D eigenvalue weighted by atomic mass is 9.95. The highest BCUT2D eigenvalue weighted by Crippen LogP contribution is 2.36. The number of hydrogen-bond acceptors (Lipinski definition) is 7. The summed E-state index contributed by atoms with van der Waals surface area (Å²) in [6.45, 7) is 11.6. The second-order valence-electron chi connectivity index (χ2n) is 11.4. The van der Waals surface area contributed by atoms with Crippen molar-refractivity contribution in [3.8, 4) is 5.75 Å². The third-order valence-corrected chi connectivity index (χ3v) is 7.37. The summed E-state index contributed by atoms with van der Waals surface area (Å²) in [6.07, 6.45) is 1.68. The van der Waals surface area contributed by atoms with E-state index in [4.69, 9.17) is 0 Å². The molecule has 8 nitrogen and oxygen atoms in total. The molecule has 2 aliphatic rings. The third kappa shape index (κ3) is 5.18. The first-order valence-corrected chi connectivity index (χ1v) is 13.1. The zero-order valence-corrected chi connectivity index (χ0v) is 22.9. The summed E-state index contributed by atoms with van der Waals surface area (Å²) in [5, 5.41) is 16.3. The molecular formula is C30H34FN5O3. The number of amides is 1. The summed E-state index contributed by atoms with van der Waals surface area (Å²) < 4.78 is 14.6. The number of phenolic OH excluding ortho intramolecular Hbond substituents is 1. The topological polar surface area (TPSA) is 97.8 Å². The van der Waals surface area contributed by atoms with Crippen molar-refractivity contribution >= 4 is 34.6 Å². The summed E-state index contributed by atoms with van der Waals surface area (Å²) in [4.78, 5) is 34.9. The number of nitrogens with one attached hydrogen (secondary N) is 2. The van der Waals surface area contributed by atoms with E-state index in [9.17, 15) is 19.1 Å². The van der Waals surface area contributed by atoms with Gasteiger partial charge in [0.1, 0.15) is 17.4 Å². The average molecular weight is 532 g/mol. The molecule has 0 spiro atoms. The maximum atomic E-state index is 14.6. The molecule has 2 aliphatic heterocycles. The normalized spacial score (nSPS) is 16.9. The quantitative estimate of drug-likeness (QED) is 0.411. The molecule has 9 heteroatoms. The predicted octanol–water partition coefficient (Wildman–Crippen LogP) is 5.29. The Kier molecular flexibility index (Phi) is 6.80. The summed E-state index contributed by atoms with van der Waals surface area (Å²) in [5.41, 5.74) is 3.55. The summed E-state index contributed by atoms with van der Waals surface area (Å²) >= 11 is 0. The maximum absolute atomic E-state index is 14.6. The lowest BCUT2D eigenvalue weighted by Crippen LogP contribution is -2.63. The van der Waals surface area contributed by atoms with Crippen molar-refractivity contribution in [2.24, 2.45) is 0 Å². The zero-order chi connectivity index (χ0) is 28.1. The lowest BCUT2D eigenvalue weighted by molar-refractivity contribution is -0.148. The molecule has 1 amide bonds. The van der Waals surface area contributed by atoms with Gasteiger partial charge in [0.25, 0.3) is 0 Å². The molecule has 3 N–H and O–H groups in total. The van der Waals surface area contributed by atoms with Gasteiger partial charge >= 0.3 is 0 Å². The number of halogens is 1. The minimum absolute atomic E-state index is 0.0425. The highest BCUT2D eigenvalue weighted by molar-refractivity contribution is 6.09. The molecule has 39 heavy (non-hydrogen) atoms. The second kappa shape index (κ2) is 9.96. The molecule has 1 aromatic heterocycles. The van der Waals surface area contributed by atoms with Crippen LogP contribution in [0.4, 0.5) is 27.3 Å². The lowest BCUT2D eigenvalue weighted by Gasteiger charge is -2.49. The van der Waals surface area contributed by atoms with Gasteiger partial charge < -0.3 is 20.6 Å². The number of fused-ring (bicyclic) bond motifs is 2. The van der Waals surface area contributed by atoms with Crippen LogP contribution in [0.2, 0.25) is 0 Å². The van der Waals surface area contributed by atoms with E-state index in [-0.39, 0.29) is 41.1 Å². The number of rotatable bonds is 5. The number of nitrogens with zero attached hydrogens (tertiary/aromatic N) is 3. The van der Waals surface area contributed by atoms with E-state index in [1.807, 2.05) is 36.9 Å². The van der Waals surface area contributed by atoms with Crippen molar-refractivity contribution in [2.45, 2.75) is 59.2 Å². The summed E-state index contributed by atoms with van der Waals surface area (Å²) in [7, 11) is 0. The molecule has 3 aromatic rings. The molecule has 0 bridgehead atoms. The molecule has 0 aliphatic carbocycles. The van der Waals surface area contributed by atoms with Crippen LogP contribution in [0.15, 0.2) is 42.6 Å². The third-order valence-electron chi connectivity index (χ3n) is 7.37. The van der Waals surface area contributed by atoms with Crippen LogP contribution >= 0.6 is 0 Å². The predicted molar refractivity (Wildman–Crippen MR) is 149 cm³/mol. The highest BCUT2D eigenvalue weighted by Gasteiger charge is 2.39. The van der Waals surface area contributed by atoms with Crippen LogP contribution in [0.5, 0.6) is 5.75 Å². The van der Waals surface area contributed by atoms with Gasteiger partial charge in [-0.3, -0.25) is 14.5 Å². The van der Waals surface area contributed by atoms with Gasteiger partial charge in [0.05, 0.1) is 29.0 Å². The number of phenols is 1. The Hall–Kier alpha value is -3.98. The number of Topliss-reactive ketones (excluding diaryl/α,β-unsaturated/α-hetero) is 1. The number of benzene rings is 2. The fraction of sp³-hybridized carbons (Fsp3) is 0.367. The van der Waals surface area contributed by atoms with Gasteiger partial charge in [-0.2, -0.15) is 0 Å². The van der Waals surface area contributed by atoms with Crippen LogP contribution < -0.4 is 10.6 Å². The van der Waals surface area contributed by atoms with E-state index in [0.717, 1.165) is 23.4 Å². The van der Waals surface area contributed by atoms with E-state index in [1.165, 1.54) is 12.1 Å². The Bertz CT molecular complexity index is 1470. The standard InChI is InChI=1S/C30H34FN5O3/c1-17(2)36-27(39)15-35(16-30(36,4)5)14-19-6-7-22-20(11-19)12-26(38)28-23(8-9-32-29(28)34-22)33-24-13-25(37)18(3)10-21(24)31/h6-11,13,17,37H,12,14-16H2,1-5H3,(H2,32,33,34).